The Bertz CT molecular complexity index is 361. The Morgan fingerprint density at radius 2 is 1.65 bits per heavy atom. The first-order valence-corrected chi connectivity index (χ1v) is 8.52. The molecule has 0 N–H and O–H groups in total. The largest absolute Gasteiger partial charge is 0.485 e. The van der Waals surface area contributed by atoms with Crippen LogP contribution in [0.3, 0.4) is 0 Å². The molecule has 0 aromatic rings. The molecule has 0 aromatic heterocycles. The summed E-state index contributed by atoms with van der Waals surface area (Å²) in [6, 6.07) is 0.383. The fourth-order valence-corrected chi connectivity index (χ4v) is 4.59. The number of hydrogen-bond donors (Lipinski definition) is 0. The van der Waals surface area contributed by atoms with E-state index in [1.165, 1.54) is 13.8 Å². The summed E-state index contributed by atoms with van der Waals surface area (Å²) in [5, 5.41) is 0. The Kier molecular flexibility index (Phi) is 7.82. The molecular formula is C13H22O6Si. The van der Waals surface area contributed by atoms with Gasteiger partial charge in [-0.25, -0.2) is 4.79 Å². The van der Waals surface area contributed by atoms with E-state index in [1.807, 2.05) is 13.8 Å². The summed E-state index contributed by atoms with van der Waals surface area (Å²) >= 11 is 0. The molecule has 7 heteroatoms. The summed E-state index contributed by atoms with van der Waals surface area (Å²) in [6.07, 6.45) is 1.52. The van der Waals surface area contributed by atoms with E-state index in [0.717, 1.165) is 6.08 Å². The molecule has 0 bridgehead atoms. The summed E-state index contributed by atoms with van der Waals surface area (Å²) in [4.78, 5) is 33.4. The molecule has 0 amide bonds. The molecule has 0 radical (unpaired) electrons. The van der Waals surface area contributed by atoms with Crippen molar-refractivity contribution in [1.82, 2.24) is 0 Å². The van der Waals surface area contributed by atoms with E-state index in [2.05, 4.69) is 6.58 Å². The minimum absolute atomic E-state index is 0.0922. The lowest BCUT2D eigenvalue weighted by Gasteiger charge is -2.31. The Morgan fingerprint density at radius 3 is 2.00 bits per heavy atom. The van der Waals surface area contributed by atoms with Gasteiger partial charge in [-0.15, -0.1) is 0 Å². The van der Waals surface area contributed by atoms with Gasteiger partial charge in [0.2, 0.25) is 0 Å². The maximum atomic E-state index is 11.3. The third-order valence-electron chi connectivity index (χ3n) is 2.59. The first kappa shape index (κ1) is 18.4. The van der Waals surface area contributed by atoms with Gasteiger partial charge >= 0.3 is 14.5 Å². The zero-order valence-electron chi connectivity index (χ0n) is 12.4. The fourth-order valence-electron chi connectivity index (χ4n) is 1.68. The predicted molar refractivity (Wildman–Crippen MR) is 75.0 cm³/mol. The smallest absolute Gasteiger partial charge is 0.467 e. The van der Waals surface area contributed by atoms with Gasteiger partial charge in [0.25, 0.3) is 11.9 Å². The van der Waals surface area contributed by atoms with Crippen LogP contribution in [-0.2, 0) is 28.0 Å². The molecule has 0 aliphatic heterocycles. The Morgan fingerprint density at radius 1 is 1.15 bits per heavy atom. The van der Waals surface area contributed by atoms with E-state index in [1.54, 1.807) is 0 Å². The van der Waals surface area contributed by atoms with Crippen molar-refractivity contribution in [2.75, 3.05) is 6.61 Å². The van der Waals surface area contributed by atoms with Crippen molar-refractivity contribution < 1.29 is 28.0 Å². The van der Waals surface area contributed by atoms with Gasteiger partial charge in [-0.05, 0) is 6.42 Å². The lowest BCUT2D eigenvalue weighted by molar-refractivity contribution is -0.141. The van der Waals surface area contributed by atoms with Crippen LogP contribution in [0.25, 0.3) is 0 Å². The van der Waals surface area contributed by atoms with Crippen LogP contribution in [0.15, 0.2) is 12.7 Å². The summed E-state index contributed by atoms with van der Waals surface area (Å²) in [5.74, 6) is -1.47. The Labute approximate surface area is 120 Å². The molecule has 0 unspecified atom stereocenters. The Balaban J connectivity index is 4.73. The van der Waals surface area contributed by atoms with Crippen molar-refractivity contribution >= 4 is 26.5 Å². The van der Waals surface area contributed by atoms with Crippen LogP contribution in [0.2, 0.25) is 11.6 Å². The van der Waals surface area contributed by atoms with Crippen LogP contribution in [0.5, 0.6) is 0 Å². The van der Waals surface area contributed by atoms with Crippen molar-refractivity contribution in [3.8, 4) is 0 Å². The molecule has 0 saturated heterocycles. The highest BCUT2D eigenvalue weighted by Gasteiger charge is 2.47. The van der Waals surface area contributed by atoms with Gasteiger partial charge in [0.1, 0.15) is 0 Å². The topological polar surface area (TPSA) is 78.9 Å². The summed E-state index contributed by atoms with van der Waals surface area (Å²) in [6.45, 7) is 9.70. The number of rotatable bonds is 8. The van der Waals surface area contributed by atoms with Crippen LogP contribution >= 0.6 is 0 Å². The van der Waals surface area contributed by atoms with Crippen LogP contribution in [0, 0.1) is 0 Å². The summed E-state index contributed by atoms with van der Waals surface area (Å²) in [7, 11) is -3.00. The van der Waals surface area contributed by atoms with Gasteiger partial charge in [0.05, 0.1) is 6.61 Å². The highest BCUT2D eigenvalue weighted by atomic mass is 28.4. The van der Waals surface area contributed by atoms with Crippen molar-refractivity contribution in [3.63, 3.8) is 0 Å². The average Bonchev–Trinajstić information content (AvgIpc) is 2.32. The SMILES string of the molecule is C=CC(=O)OCCC[Si](OC(C)=O)(OC(C)=O)C(C)C. The fraction of sp³-hybridized carbons (Fsp3) is 0.615. The van der Waals surface area contributed by atoms with Crippen molar-refractivity contribution in [1.29, 1.82) is 0 Å². The normalized spacial score (nSPS) is 10.8. The van der Waals surface area contributed by atoms with E-state index in [-0.39, 0.29) is 12.1 Å². The molecule has 0 rings (SSSR count). The molecule has 0 heterocycles. The maximum absolute atomic E-state index is 11.3. The lowest BCUT2D eigenvalue weighted by Crippen LogP contribution is -2.47. The van der Waals surface area contributed by atoms with Gasteiger partial charge in [0, 0.05) is 31.5 Å². The van der Waals surface area contributed by atoms with Crippen molar-refractivity contribution in [2.24, 2.45) is 0 Å². The third-order valence-corrected chi connectivity index (χ3v) is 6.67. The number of carbonyl (C=O) groups excluding carboxylic acids is 3. The first-order chi connectivity index (χ1) is 9.23. The lowest BCUT2D eigenvalue weighted by atomic mass is 10.5. The molecule has 0 atom stereocenters. The quantitative estimate of drug-likeness (QED) is 0.296. The third kappa shape index (κ3) is 6.51. The predicted octanol–water partition coefficient (Wildman–Crippen LogP) is 2.08. The molecular weight excluding hydrogens is 280 g/mol. The van der Waals surface area contributed by atoms with Gasteiger partial charge < -0.3 is 13.6 Å². The van der Waals surface area contributed by atoms with E-state index in [4.69, 9.17) is 13.6 Å². The number of ether oxygens (including phenoxy) is 1. The van der Waals surface area contributed by atoms with Crippen LogP contribution in [-0.4, -0.2) is 33.1 Å². The molecule has 0 fully saturated rings. The second kappa shape index (κ2) is 8.52. The highest BCUT2D eigenvalue weighted by Crippen LogP contribution is 2.29. The van der Waals surface area contributed by atoms with E-state index in [9.17, 15) is 14.4 Å². The molecule has 114 valence electrons. The Hall–Kier alpha value is -1.63. The van der Waals surface area contributed by atoms with Crippen LogP contribution in [0.4, 0.5) is 0 Å². The second-order valence-corrected chi connectivity index (χ2v) is 8.32. The molecule has 0 saturated carbocycles. The molecule has 0 aliphatic rings. The van der Waals surface area contributed by atoms with E-state index < -0.39 is 26.5 Å². The standard InChI is InChI=1S/C13H22O6Si/c1-6-13(16)17-8-7-9-20(10(2)3,18-11(4)14)19-12(5)15/h6,10H,1,7-9H2,2-5H3. The minimum Gasteiger partial charge on any atom is -0.485 e. The number of esters is 1. The summed E-state index contributed by atoms with van der Waals surface area (Å²) in [5.41, 5.74) is -0.0922. The number of hydrogen-bond acceptors (Lipinski definition) is 6. The molecule has 0 aliphatic carbocycles. The average molecular weight is 302 g/mol. The van der Waals surface area contributed by atoms with Gasteiger partial charge in [-0.3, -0.25) is 9.59 Å². The van der Waals surface area contributed by atoms with Gasteiger partial charge in [0.15, 0.2) is 0 Å². The zero-order chi connectivity index (χ0) is 15.8. The van der Waals surface area contributed by atoms with Crippen LogP contribution in [0.1, 0.15) is 34.1 Å². The zero-order valence-corrected chi connectivity index (χ0v) is 13.4. The van der Waals surface area contributed by atoms with E-state index in [0.29, 0.717) is 12.5 Å². The van der Waals surface area contributed by atoms with Gasteiger partial charge in [-0.1, -0.05) is 20.4 Å². The van der Waals surface area contributed by atoms with E-state index >= 15 is 0 Å². The number of carbonyl (C=O) groups is 3. The van der Waals surface area contributed by atoms with Crippen molar-refractivity contribution in [2.45, 2.75) is 45.7 Å². The minimum atomic E-state index is -3.00. The molecule has 20 heavy (non-hydrogen) atoms. The van der Waals surface area contributed by atoms with Crippen LogP contribution < -0.4 is 0 Å². The maximum Gasteiger partial charge on any atom is 0.467 e. The molecule has 0 spiro atoms. The monoisotopic (exact) mass is 302 g/mol. The second-order valence-electron chi connectivity index (χ2n) is 4.63. The molecule has 0 aromatic carbocycles. The first-order valence-electron chi connectivity index (χ1n) is 6.42. The van der Waals surface area contributed by atoms with Crippen molar-refractivity contribution in [3.05, 3.63) is 12.7 Å². The summed E-state index contributed by atoms with van der Waals surface area (Å²) < 4.78 is 15.5. The molecule has 6 nitrogen and oxygen atoms in total. The van der Waals surface area contributed by atoms with Gasteiger partial charge in [-0.2, -0.15) is 0 Å². The highest BCUT2D eigenvalue weighted by molar-refractivity contribution is 6.71.